The van der Waals surface area contributed by atoms with Crippen molar-refractivity contribution in [2.24, 2.45) is 5.41 Å². The third kappa shape index (κ3) is 8.01. The summed E-state index contributed by atoms with van der Waals surface area (Å²) in [7, 11) is 0. The number of urea groups is 1. The number of carbonyl (C=O) groups is 3. The molecule has 0 saturated carbocycles. The highest BCUT2D eigenvalue weighted by Gasteiger charge is 2.27. The topological polar surface area (TPSA) is 108 Å². The van der Waals surface area contributed by atoms with Crippen molar-refractivity contribution in [1.82, 2.24) is 16.0 Å². The van der Waals surface area contributed by atoms with E-state index in [0.717, 1.165) is 0 Å². The molecule has 0 atom stereocenters. The van der Waals surface area contributed by atoms with Crippen molar-refractivity contribution in [2.45, 2.75) is 40.2 Å². The summed E-state index contributed by atoms with van der Waals surface area (Å²) in [5.41, 5.74) is -1.41. The first-order valence-corrected chi connectivity index (χ1v) is 6.00. The second-order valence-corrected chi connectivity index (χ2v) is 6.02. The molecule has 0 aromatic carbocycles. The van der Waals surface area contributed by atoms with E-state index in [0.29, 0.717) is 0 Å². The third-order valence-corrected chi connectivity index (χ3v) is 2.19. The molecule has 0 aromatic rings. The molecule has 0 aliphatic heterocycles. The zero-order chi connectivity index (χ0) is 15.3. The van der Waals surface area contributed by atoms with E-state index in [1.54, 1.807) is 0 Å². The largest absolute Gasteiger partial charge is 0.481 e. The number of carboxylic acids is 1. The van der Waals surface area contributed by atoms with Crippen molar-refractivity contribution < 1.29 is 19.5 Å². The van der Waals surface area contributed by atoms with Crippen LogP contribution in [0.3, 0.4) is 0 Å². The van der Waals surface area contributed by atoms with Crippen LogP contribution in [-0.2, 0) is 9.59 Å². The van der Waals surface area contributed by atoms with Crippen molar-refractivity contribution in [2.75, 3.05) is 13.1 Å². The predicted molar refractivity (Wildman–Crippen MR) is 70.7 cm³/mol. The molecular weight excluding hydrogens is 250 g/mol. The molecule has 19 heavy (non-hydrogen) atoms. The number of carboxylic acid groups (broad SMARTS) is 1. The smallest absolute Gasteiger partial charge is 0.315 e. The maximum atomic E-state index is 11.4. The monoisotopic (exact) mass is 273 g/mol. The van der Waals surface area contributed by atoms with E-state index in [1.165, 1.54) is 13.8 Å². The van der Waals surface area contributed by atoms with E-state index in [-0.39, 0.29) is 24.5 Å². The Kier molecular flexibility index (Phi) is 5.80. The summed E-state index contributed by atoms with van der Waals surface area (Å²) in [6.45, 7) is 8.33. The van der Waals surface area contributed by atoms with Gasteiger partial charge >= 0.3 is 12.0 Å². The van der Waals surface area contributed by atoms with E-state index < -0.39 is 17.4 Å². The van der Waals surface area contributed by atoms with Crippen LogP contribution in [0, 0.1) is 5.41 Å². The summed E-state index contributed by atoms with van der Waals surface area (Å²) >= 11 is 0. The van der Waals surface area contributed by atoms with E-state index >= 15 is 0 Å². The molecule has 0 unspecified atom stereocenters. The first kappa shape index (κ1) is 17.2. The highest BCUT2D eigenvalue weighted by Crippen LogP contribution is 2.12. The van der Waals surface area contributed by atoms with Crippen molar-refractivity contribution in [1.29, 1.82) is 0 Å². The minimum absolute atomic E-state index is 0.0188. The van der Waals surface area contributed by atoms with E-state index in [4.69, 9.17) is 5.11 Å². The van der Waals surface area contributed by atoms with Crippen molar-refractivity contribution in [3.63, 3.8) is 0 Å². The Bertz CT molecular complexity index is 358. The number of rotatable bonds is 5. The van der Waals surface area contributed by atoms with Crippen LogP contribution >= 0.6 is 0 Å². The third-order valence-electron chi connectivity index (χ3n) is 2.19. The average molecular weight is 273 g/mol. The van der Waals surface area contributed by atoms with Gasteiger partial charge in [0.1, 0.15) is 0 Å². The number of nitrogens with one attached hydrogen (secondary N) is 3. The Labute approximate surface area is 113 Å². The van der Waals surface area contributed by atoms with Gasteiger partial charge < -0.3 is 21.1 Å². The summed E-state index contributed by atoms with van der Waals surface area (Å²) in [6.07, 6.45) is 0. The van der Waals surface area contributed by atoms with Crippen LogP contribution in [0.1, 0.15) is 34.6 Å². The minimum Gasteiger partial charge on any atom is -0.481 e. The van der Waals surface area contributed by atoms with Gasteiger partial charge in [0.05, 0.1) is 12.0 Å². The van der Waals surface area contributed by atoms with Crippen molar-refractivity contribution in [3.05, 3.63) is 0 Å². The zero-order valence-corrected chi connectivity index (χ0v) is 12.1. The van der Waals surface area contributed by atoms with Crippen LogP contribution in [0.15, 0.2) is 0 Å². The lowest BCUT2D eigenvalue weighted by Crippen LogP contribution is -2.49. The van der Waals surface area contributed by atoms with Gasteiger partial charge in [-0.1, -0.05) is 0 Å². The molecular formula is C12H23N3O4. The van der Waals surface area contributed by atoms with Gasteiger partial charge in [0.2, 0.25) is 5.91 Å². The molecule has 7 heteroatoms. The van der Waals surface area contributed by atoms with Crippen LogP contribution in [-0.4, -0.2) is 41.6 Å². The molecule has 0 fully saturated rings. The van der Waals surface area contributed by atoms with Gasteiger partial charge in [-0.05, 0) is 34.6 Å². The second-order valence-electron chi connectivity index (χ2n) is 6.02. The molecule has 7 nitrogen and oxygen atoms in total. The van der Waals surface area contributed by atoms with Gasteiger partial charge in [0.15, 0.2) is 0 Å². The first-order chi connectivity index (χ1) is 8.44. The summed E-state index contributed by atoms with van der Waals surface area (Å²) in [5.74, 6) is -1.31. The summed E-state index contributed by atoms with van der Waals surface area (Å²) in [4.78, 5) is 33.6. The van der Waals surface area contributed by atoms with Gasteiger partial charge in [-0.2, -0.15) is 0 Å². The Morgan fingerprint density at radius 3 is 1.95 bits per heavy atom. The molecule has 0 aliphatic carbocycles. The molecule has 0 radical (unpaired) electrons. The fourth-order valence-electron chi connectivity index (χ4n) is 1.06. The average Bonchev–Trinajstić information content (AvgIpc) is 2.21. The highest BCUT2D eigenvalue weighted by molar-refractivity contribution is 5.84. The van der Waals surface area contributed by atoms with Crippen LogP contribution in [0.2, 0.25) is 0 Å². The van der Waals surface area contributed by atoms with E-state index in [2.05, 4.69) is 16.0 Å². The van der Waals surface area contributed by atoms with Crippen LogP contribution in [0.4, 0.5) is 4.79 Å². The Morgan fingerprint density at radius 1 is 1.00 bits per heavy atom. The van der Waals surface area contributed by atoms with Crippen molar-refractivity contribution >= 4 is 17.9 Å². The predicted octanol–water partition coefficient (Wildman–Crippen LogP) is 0.311. The Balaban J connectivity index is 4.01. The molecule has 0 rings (SSSR count). The van der Waals surface area contributed by atoms with Crippen LogP contribution < -0.4 is 16.0 Å². The molecule has 0 spiro atoms. The normalized spacial score (nSPS) is 11.6. The van der Waals surface area contributed by atoms with Gasteiger partial charge in [-0.15, -0.1) is 0 Å². The lowest BCUT2D eigenvalue weighted by Gasteiger charge is -2.21. The lowest BCUT2D eigenvalue weighted by atomic mass is 9.94. The van der Waals surface area contributed by atoms with Gasteiger partial charge in [0.25, 0.3) is 0 Å². The molecule has 4 N–H and O–H groups in total. The molecule has 3 amide bonds. The summed E-state index contributed by atoms with van der Waals surface area (Å²) in [6, 6.07) is -0.571. The molecule has 0 aliphatic rings. The Morgan fingerprint density at radius 2 is 1.53 bits per heavy atom. The first-order valence-electron chi connectivity index (χ1n) is 6.00. The molecule has 0 saturated heterocycles. The quantitative estimate of drug-likeness (QED) is 0.578. The maximum Gasteiger partial charge on any atom is 0.315 e. The maximum absolute atomic E-state index is 11.4. The standard InChI is InChI=1S/C12H23N3O4/c1-11(2,3)15-8(16)6-13-10(19)14-7-12(4,5)9(17)18/h6-7H2,1-5H3,(H,15,16)(H,17,18)(H2,13,14,19). The number of aliphatic carboxylic acids is 1. The van der Waals surface area contributed by atoms with E-state index in [9.17, 15) is 14.4 Å². The second kappa shape index (κ2) is 6.40. The molecule has 0 heterocycles. The summed E-state index contributed by atoms with van der Waals surface area (Å²) in [5, 5.41) is 16.3. The minimum atomic E-state index is -1.05. The number of hydrogen-bond donors (Lipinski definition) is 4. The fraction of sp³-hybridized carbons (Fsp3) is 0.750. The van der Waals surface area contributed by atoms with Crippen LogP contribution in [0.5, 0.6) is 0 Å². The SMILES string of the molecule is CC(C)(C)NC(=O)CNC(=O)NCC(C)(C)C(=O)O. The van der Waals surface area contributed by atoms with Gasteiger partial charge in [0, 0.05) is 12.1 Å². The number of carbonyl (C=O) groups excluding carboxylic acids is 2. The highest BCUT2D eigenvalue weighted by atomic mass is 16.4. The molecule has 0 aromatic heterocycles. The van der Waals surface area contributed by atoms with Crippen LogP contribution in [0.25, 0.3) is 0 Å². The summed E-state index contributed by atoms with van der Waals surface area (Å²) < 4.78 is 0. The number of amides is 3. The van der Waals surface area contributed by atoms with E-state index in [1.807, 2.05) is 20.8 Å². The Hall–Kier alpha value is -1.79. The van der Waals surface area contributed by atoms with Crippen molar-refractivity contribution in [3.8, 4) is 0 Å². The van der Waals surface area contributed by atoms with Gasteiger partial charge in [-0.3, -0.25) is 9.59 Å². The number of hydrogen-bond acceptors (Lipinski definition) is 3. The molecule has 110 valence electrons. The van der Waals surface area contributed by atoms with Gasteiger partial charge in [-0.25, -0.2) is 4.79 Å². The lowest BCUT2D eigenvalue weighted by molar-refractivity contribution is -0.146. The zero-order valence-electron chi connectivity index (χ0n) is 12.1. The fourth-order valence-corrected chi connectivity index (χ4v) is 1.06. The molecule has 0 bridgehead atoms.